The third-order valence-corrected chi connectivity index (χ3v) is 2.85. The molecule has 1 aromatic rings. The third-order valence-electron chi connectivity index (χ3n) is 2.85. The predicted molar refractivity (Wildman–Crippen MR) is 73.6 cm³/mol. The van der Waals surface area contributed by atoms with Crippen LogP contribution in [0.5, 0.6) is 0 Å². The van der Waals surface area contributed by atoms with Crippen LogP contribution >= 0.6 is 0 Å². The van der Waals surface area contributed by atoms with Crippen LogP contribution in [0.15, 0.2) is 9.52 Å². The minimum absolute atomic E-state index is 0.516. The number of nitrogens with two attached hydrogens (primary N) is 1. The average Bonchev–Trinajstić information content (AvgIpc) is 2.60. The highest BCUT2D eigenvalue weighted by Gasteiger charge is 2.07. The van der Waals surface area contributed by atoms with Crippen molar-refractivity contribution in [1.82, 2.24) is 10.5 Å². The Labute approximate surface area is 109 Å². The van der Waals surface area contributed by atoms with Gasteiger partial charge in [0.1, 0.15) is 5.76 Å². The third kappa shape index (κ3) is 4.77. The van der Waals surface area contributed by atoms with Crippen molar-refractivity contribution in [2.24, 2.45) is 16.6 Å². The molecule has 0 aliphatic rings. The second-order valence-electron chi connectivity index (χ2n) is 4.93. The van der Waals surface area contributed by atoms with Gasteiger partial charge in [-0.1, -0.05) is 19.0 Å². The molecule has 1 rings (SSSR count). The van der Waals surface area contributed by atoms with Gasteiger partial charge in [0.25, 0.3) is 0 Å². The molecule has 5 nitrogen and oxygen atoms in total. The van der Waals surface area contributed by atoms with Crippen molar-refractivity contribution in [3.63, 3.8) is 0 Å². The second kappa shape index (κ2) is 7.03. The standard InChI is InChI=1S/C13H24N4O/c1-9(2)5-7-15-13(14)16-8-6-12-10(3)17-18-11(12)4/h9H,5-8H2,1-4H3,(H3,14,15,16). The van der Waals surface area contributed by atoms with Gasteiger partial charge in [0.2, 0.25) is 0 Å². The molecule has 0 atom stereocenters. The molecule has 0 aromatic carbocycles. The van der Waals surface area contributed by atoms with Crippen LogP contribution in [0.3, 0.4) is 0 Å². The van der Waals surface area contributed by atoms with E-state index in [1.54, 1.807) is 0 Å². The van der Waals surface area contributed by atoms with Crippen molar-refractivity contribution < 1.29 is 4.52 Å². The molecule has 3 N–H and O–H groups in total. The summed E-state index contributed by atoms with van der Waals surface area (Å²) in [5.41, 5.74) is 7.87. The lowest BCUT2D eigenvalue weighted by Gasteiger charge is -2.06. The normalized spacial score (nSPS) is 12.2. The molecule has 1 aromatic heterocycles. The van der Waals surface area contributed by atoms with Gasteiger partial charge in [0, 0.05) is 18.7 Å². The summed E-state index contributed by atoms with van der Waals surface area (Å²) >= 11 is 0. The Balaban J connectivity index is 2.29. The topological polar surface area (TPSA) is 76.4 Å². The maximum Gasteiger partial charge on any atom is 0.188 e. The Hall–Kier alpha value is -1.52. The summed E-state index contributed by atoms with van der Waals surface area (Å²) in [6, 6.07) is 0. The molecule has 0 amide bonds. The van der Waals surface area contributed by atoms with E-state index in [1.165, 1.54) is 0 Å². The number of hydrogen-bond donors (Lipinski definition) is 2. The molecule has 0 spiro atoms. The van der Waals surface area contributed by atoms with E-state index in [4.69, 9.17) is 10.3 Å². The van der Waals surface area contributed by atoms with E-state index in [0.29, 0.717) is 11.9 Å². The highest BCUT2D eigenvalue weighted by molar-refractivity contribution is 5.77. The fourth-order valence-corrected chi connectivity index (χ4v) is 1.67. The van der Waals surface area contributed by atoms with Crippen molar-refractivity contribution >= 4 is 5.96 Å². The van der Waals surface area contributed by atoms with Crippen LogP contribution in [0.25, 0.3) is 0 Å². The van der Waals surface area contributed by atoms with Gasteiger partial charge in [-0.25, -0.2) is 0 Å². The zero-order chi connectivity index (χ0) is 13.5. The molecule has 0 unspecified atom stereocenters. The lowest BCUT2D eigenvalue weighted by molar-refractivity contribution is 0.392. The van der Waals surface area contributed by atoms with Gasteiger partial charge in [0.05, 0.1) is 5.69 Å². The lowest BCUT2D eigenvalue weighted by Crippen LogP contribution is -2.33. The van der Waals surface area contributed by atoms with Crippen LogP contribution in [0.2, 0.25) is 0 Å². The molecule has 1 heterocycles. The summed E-state index contributed by atoms with van der Waals surface area (Å²) in [6.07, 6.45) is 1.91. The average molecular weight is 252 g/mol. The first kappa shape index (κ1) is 14.5. The van der Waals surface area contributed by atoms with E-state index in [0.717, 1.165) is 42.9 Å². The Morgan fingerprint density at radius 2 is 2.17 bits per heavy atom. The van der Waals surface area contributed by atoms with E-state index in [2.05, 4.69) is 29.3 Å². The van der Waals surface area contributed by atoms with Crippen molar-refractivity contribution in [2.75, 3.05) is 13.1 Å². The summed E-state index contributed by atoms with van der Waals surface area (Å²) < 4.78 is 5.10. The molecule has 0 aliphatic heterocycles. The van der Waals surface area contributed by atoms with Crippen LogP contribution < -0.4 is 11.1 Å². The summed E-state index contributed by atoms with van der Waals surface area (Å²) in [6.45, 7) is 9.76. The van der Waals surface area contributed by atoms with E-state index in [-0.39, 0.29) is 0 Å². The van der Waals surface area contributed by atoms with Gasteiger partial charge in [-0.15, -0.1) is 0 Å². The van der Waals surface area contributed by atoms with Crippen LogP contribution in [-0.4, -0.2) is 24.2 Å². The second-order valence-corrected chi connectivity index (χ2v) is 4.93. The fourth-order valence-electron chi connectivity index (χ4n) is 1.67. The lowest BCUT2D eigenvalue weighted by atomic mass is 10.1. The SMILES string of the molecule is Cc1noc(C)c1CCNC(N)=NCCC(C)C. The molecule has 0 aliphatic carbocycles. The van der Waals surface area contributed by atoms with Gasteiger partial charge in [-0.3, -0.25) is 4.99 Å². The van der Waals surface area contributed by atoms with Crippen molar-refractivity contribution in [3.8, 4) is 0 Å². The van der Waals surface area contributed by atoms with Crippen LogP contribution in [0.4, 0.5) is 0 Å². The number of rotatable bonds is 6. The molecule has 0 saturated carbocycles. The first-order valence-electron chi connectivity index (χ1n) is 6.46. The fraction of sp³-hybridized carbons (Fsp3) is 0.692. The van der Waals surface area contributed by atoms with E-state index in [1.807, 2.05) is 13.8 Å². The summed E-state index contributed by atoms with van der Waals surface area (Å²) in [4.78, 5) is 4.27. The number of aliphatic imine (C=N–C) groups is 1. The molecule has 5 heteroatoms. The highest BCUT2D eigenvalue weighted by atomic mass is 16.5. The van der Waals surface area contributed by atoms with Gasteiger partial charge >= 0.3 is 0 Å². The van der Waals surface area contributed by atoms with Crippen molar-refractivity contribution in [1.29, 1.82) is 0 Å². The summed E-state index contributed by atoms with van der Waals surface area (Å²) in [5.74, 6) is 2.05. The van der Waals surface area contributed by atoms with E-state index >= 15 is 0 Å². The first-order chi connectivity index (χ1) is 8.50. The Kier molecular flexibility index (Phi) is 5.68. The molecular formula is C13H24N4O. The number of aryl methyl sites for hydroxylation is 2. The molecule has 0 radical (unpaired) electrons. The van der Waals surface area contributed by atoms with Gasteiger partial charge < -0.3 is 15.6 Å². The maximum atomic E-state index is 5.78. The Bertz CT molecular complexity index is 376. The van der Waals surface area contributed by atoms with E-state index in [9.17, 15) is 0 Å². The van der Waals surface area contributed by atoms with Crippen molar-refractivity contribution in [3.05, 3.63) is 17.0 Å². The molecule has 0 saturated heterocycles. The number of guanidine groups is 1. The monoisotopic (exact) mass is 252 g/mol. The van der Waals surface area contributed by atoms with Gasteiger partial charge in [-0.2, -0.15) is 0 Å². The summed E-state index contributed by atoms with van der Waals surface area (Å²) in [5, 5.41) is 7.03. The number of hydrogen-bond acceptors (Lipinski definition) is 3. The summed E-state index contributed by atoms with van der Waals surface area (Å²) in [7, 11) is 0. The smallest absolute Gasteiger partial charge is 0.188 e. The molecule has 102 valence electrons. The van der Waals surface area contributed by atoms with Crippen LogP contribution in [-0.2, 0) is 6.42 Å². The molecular weight excluding hydrogens is 228 g/mol. The molecule has 0 fully saturated rings. The number of nitrogens with zero attached hydrogens (tertiary/aromatic N) is 2. The Morgan fingerprint density at radius 1 is 1.44 bits per heavy atom. The maximum absolute atomic E-state index is 5.78. The number of nitrogens with one attached hydrogen (secondary N) is 1. The quantitative estimate of drug-likeness (QED) is 0.597. The van der Waals surface area contributed by atoms with Gasteiger partial charge in [-0.05, 0) is 32.6 Å². The molecule has 0 bridgehead atoms. The Morgan fingerprint density at radius 3 is 2.72 bits per heavy atom. The number of aromatic nitrogens is 1. The predicted octanol–water partition coefficient (Wildman–Crippen LogP) is 1.78. The van der Waals surface area contributed by atoms with Crippen LogP contribution in [0.1, 0.15) is 37.3 Å². The minimum Gasteiger partial charge on any atom is -0.370 e. The highest BCUT2D eigenvalue weighted by Crippen LogP contribution is 2.11. The van der Waals surface area contributed by atoms with Gasteiger partial charge in [0.15, 0.2) is 5.96 Å². The van der Waals surface area contributed by atoms with Crippen molar-refractivity contribution in [2.45, 2.75) is 40.5 Å². The van der Waals surface area contributed by atoms with Crippen LogP contribution in [0, 0.1) is 19.8 Å². The largest absolute Gasteiger partial charge is 0.370 e. The van der Waals surface area contributed by atoms with E-state index < -0.39 is 0 Å². The first-order valence-corrected chi connectivity index (χ1v) is 6.46. The zero-order valence-electron chi connectivity index (χ0n) is 11.8. The zero-order valence-corrected chi connectivity index (χ0v) is 11.8. The molecule has 18 heavy (non-hydrogen) atoms. The minimum atomic E-state index is 0.516.